The summed E-state index contributed by atoms with van der Waals surface area (Å²) in [5, 5.41) is 1.62. The smallest absolute Gasteiger partial charge is 0.164 e. The Morgan fingerprint density at radius 3 is 2.06 bits per heavy atom. The van der Waals surface area contributed by atoms with Gasteiger partial charge in [0.1, 0.15) is 10.3 Å². The van der Waals surface area contributed by atoms with Gasteiger partial charge in [0.05, 0.1) is 5.02 Å². The minimum Gasteiger partial charge on any atom is -0.216 e. The van der Waals surface area contributed by atoms with Crippen molar-refractivity contribution in [2.45, 2.75) is 6.92 Å². The van der Waals surface area contributed by atoms with Crippen LogP contribution in [0.25, 0.3) is 11.4 Å². The van der Waals surface area contributed by atoms with Gasteiger partial charge in [-0.2, -0.15) is 0 Å². The molecule has 2 rings (SSSR count). The second kappa shape index (κ2) is 4.99. The summed E-state index contributed by atoms with van der Waals surface area (Å²) in [6.07, 6.45) is 0. The van der Waals surface area contributed by atoms with E-state index in [1.807, 2.05) is 0 Å². The van der Waals surface area contributed by atoms with E-state index in [-0.39, 0.29) is 0 Å². The third kappa shape index (κ3) is 2.66. The van der Waals surface area contributed by atoms with E-state index in [1.165, 1.54) is 0 Å². The van der Waals surface area contributed by atoms with Crippen LogP contribution in [0.5, 0.6) is 0 Å². The van der Waals surface area contributed by atoms with Crippen LogP contribution < -0.4 is 0 Å². The number of hydrogen-bond acceptors (Lipinski definition) is 2. The van der Waals surface area contributed by atoms with Crippen LogP contribution in [0.3, 0.4) is 0 Å². The lowest BCUT2D eigenvalue weighted by molar-refractivity contribution is 1.14. The molecule has 2 nitrogen and oxygen atoms in total. The summed E-state index contributed by atoms with van der Waals surface area (Å²) in [7, 11) is 0. The van der Waals surface area contributed by atoms with Crippen molar-refractivity contribution in [1.82, 2.24) is 9.97 Å². The maximum Gasteiger partial charge on any atom is 0.164 e. The number of nitrogens with zero attached hydrogens (tertiary/aromatic N) is 2. The Bertz CT molecular complexity index is 561. The van der Waals surface area contributed by atoms with Crippen molar-refractivity contribution >= 4 is 46.4 Å². The lowest BCUT2D eigenvalue weighted by Crippen LogP contribution is -1.94. The molecule has 0 saturated heterocycles. The lowest BCUT2D eigenvalue weighted by atomic mass is 10.2. The predicted octanol–water partition coefficient (Wildman–Crippen LogP) is 5.07. The Labute approximate surface area is 119 Å². The van der Waals surface area contributed by atoms with Crippen LogP contribution in [-0.4, -0.2) is 9.97 Å². The fraction of sp³-hybridized carbons (Fsp3) is 0.0909. The van der Waals surface area contributed by atoms with Crippen molar-refractivity contribution in [2.75, 3.05) is 0 Å². The maximum atomic E-state index is 6.06. The van der Waals surface area contributed by atoms with Crippen molar-refractivity contribution in [3.63, 3.8) is 0 Å². The van der Waals surface area contributed by atoms with Gasteiger partial charge in [0.2, 0.25) is 0 Å². The van der Waals surface area contributed by atoms with Gasteiger partial charge in [0.25, 0.3) is 0 Å². The molecule has 0 fully saturated rings. The summed E-state index contributed by atoms with van der Waals surface area (Å²) < 4.78 is 0. The number of hydrogen-bond donors (Lipinski definition) is 0. The molecule has 0 spiro atoms. The first-order chi connectivity index (χ1) is 7.99. The first-order valence-corrected chi connectivity index (χ1v) is 6.15. The molecule has 88 valence electrons. The first-order valence-electron chi connectivity index (χ1n) is 4.64. The zero-order chi connectivity index (χ0) is 12.6. The zero-order valence-electron chi connectivity index (χ0n) is 8.64. The molecular formula is C11H6Cl4N2. The van der Waals surface area contributed by atoms with E-state index < -0.39 is 0 Å². The van der Waals surface area contributed by atoms with Gasteiger partial charge < -0.3 is 0 Å². The van der Waals surface area contributed by atoms with Gasteiger partial charge >= 0.3 is 0 Å². The van der Waals surface area contributed by atoms with Gasteiger partial charge in [-0.25, -0.2) is 9.97 Å². The molecule has 0 aliphatic heterocycles. The molecule has 0 radical (unpaired) electrons. The monoisotopic (exact) mass is 306 g/mol. The quantitative estimate of drug-likeness (QED) is 0.688. The van der Waals surface area contributed by atoms with Crippen LogP contribution in [-0.2, 0) is 0 Å². The highest BCUT2D eigenvalue weighted by Gasteiger charge is 2.12. The molecule has 1 heterocycles. The third-order valence-corrected chi connectivity index (χ3v) is 3.48. The Kier molecular flexibility index (Phi) is 3.79. The highest BCUT2D eigenvalue weighted by molar-refractivity contribution is 6.37. The molecule has 6 heteroatoms. The van der Waals surface area contributed by atoms with Crippen LogP contribution in [0.2, 0.25) is 20.4 Å². The van der Waals surface area contributed by atoms with Gasteiger partial charge in [-0.05, 0) is 25.1 Å². The summed E-state index contributed by atoms with van der Waals surface area (Å²) in [6, 6.07) is 5.04. The van der Waals surface area contributed by atoms with E-state index in [4.69, 9.17) is 46.4 Å². The number of halogens is 4. The molecular weight excluding hydrogens is 302 g/mol. The highest BCUT2D eigenvalue weighted by Crippen LogP contribution is 2.30. The minimum absolute atomic E-state index is 0.311. The Morgan fingerprint density at radius 2 is 1.53 bits per heavy atom. The van der Waals surface area contributed by atoms with Crippen LogP contribution in [0.1, 0.15) is 5.56 Å². The Balaban J connectivity index is 2.61. The molecule has 0 aliphatic carbocycles. The fourth-order valence-corrected chi connectivity index (χ4v) is 2.14. The van der Waals surface area contributed by atoms with E-state index in [1.54, 1.807) is 25.1 Å². The second-order valence-electron chi connectivity index (χ2n) is 3.38. The van der Waals surface area contributed by atoms with Crippen LogP contribution in [0, 0.1) is 6.92 Å². The molecule has 1 aromatic heterocycles. The normalized spacial score (nSPS) is 10.6. The molecule has 0 N–H and O–H groups in total. The molecule has 0 unspecified atom stereocenters. The van der Waals surface area contributed by atoms with E-state index in [2.05, 4.69) is 9.97 Å². The van der Waals surface area contributed by atoms with Crippen molar-refractivity contribution in [3.8, 4) is 11.4 Å². The standard InChI is InChI=1S/C11H6Cl4N2/c1-5-9(14)16-11(17-10(5)15)7-3-2-6(12)4-8(7)13/h2-4H,1H3. The summed E-state index contributed by atoms with van der Waals surface area (Å²) in [6.45, 7) is 1.75. The number of rotatable bonds is 1. The number of benzene rings is 1. The first kappa shape index (κ1) is 12.9. The molecule has 1 aromatic carbocycles. The van der Waals surface area contributed by atoms with E-state index >= 15 is 0 Å². The van der Waals surface area contributed by atoms with Crippen LogP contribution >= 0.6 is 46.4 Å². The van der Waals surface area contributed by atoms with Crippen molar-refractivity contribution in [2.24, 2.45) is 0 Å². The van der Waals surface area contributed by atoms with Gasteiger partial charge in [-0.3, -0.25) is 0 Å². The molecule has 17 heavy (non-hydrogen) atoms. The SMILES string of the molecule is Cc1c(Cl)nc(-c2ccc(Cl)cc2Cl)nc1Cl. The molecule has 0 atom stereocenters. The molecule has 0 bridgehead atoms. The number of aromatic nitrogens is 2. The van der Waals surface area contributed by atoms with Gasteiger partial charge in [-0.1, -0.05) is 46.4 Å². The third-order valence-electron chi connectivity index (χ3n) is 2.20. The molecule has 0 saturated carbocycles. The van der Waals surface area contributed by atoms with E-state index in [0.717, 1.165) is 0 Å². The van der Waals surface area contributed by atoms with Crippen molar-refractivity contribution in [3.05, 3.63) is 44.1 Å². The van der Waals surface area contributed by atoms with Gasteiger partial charge in [0.15, 0.2) is 5.82 Å². The van der Waals surface area contributed by atoms with E-state index in [0.29, 0.717) is 37.3 Å². The van der Waals surface area contributed by atoms with Crippen LogP contribution in [0.4, 0.5) is 0 Å². The minimum atomic E-state index is 0.311. The van der Waals surface area contributed by atoms with Crippen LogP contribution in [0.15, 0.2) is 18.2 Å². The van der Waals surface area contributed by atoms with Gasteiger partial charge in [-0.15, -0.1) is 0 Å². The molecule has 0 aliphatic rings. The average Bonchev–Trinajstić information content (AvgIpc) is 2.25. The largest absolute Gasteiger partial charge is 0.216 e. The molecule has 0 amide bonds. The lowest BCUT2D eigenvalue weighted by Gasteiger charge is -2.06. The second-order valence-corrected chi connectivity index (χ2v) is 4.94. The summed E-state index contributed by atoms with van der Waals surface area (Å²) in [4.78, 5) is 8.27. The fourth-order valence-electron chi connectivity index (χ4n) is 1.26. The van der Waals surface area contributed by atoms with Crippen molar-refractivity contribution in [1.29, 1.82) is 0 Å². The average molecular weight is 308 g/mol. The summed E-state index contributed by atoms with van der Waals surface area (Å²) >= 11 is 23.8. The maximum absolute atomic E-state index is 6.06. The summed E-state index contributed by atoms with van der Waals surface area (Å²) in [5.41, 5.74) is 1.28. The highest BCUT2D eigenvalue weighted by atomic mass is 35.5. The topological polar surface area (TPSA) is 25.8 Å². The predicted molar refractivity (Wildman–Crippen MR) is 72.2 cm³/mol. The van der Waals surface area contributed by atoms with Gasteiger partial charge in [0, 0.05) is 16.1 Å². The summed E-state index contributed by atoms with van der Waals surface area (Å²) in [5.74, 6) is 0.382. The van der Waals surface area contributed by atoms with Crippen molar-refractivity contribution < 1.29 is 0 Å². The zero-order valence-corrected chi connectivity index (χ0v) is 11.7. The van der Waals surface area contributed by atoms with E-state index in [9.17, 15) is 0 Å². The molecule has 2 aromatic rings. The Hall–Kier alpha value is -0.540. The Morgan fingerprint density at radius 1 is 0.941 bits per heavy atom.